The molecule has 0 aromatic heterocycles. The Morgan fingerprint density at radius 2 is 1.81 bits per heavy atom. The Morgan fingerprint density at radius 1 is 1.08 bits per heavy atom. The van der Waals surface area contributed by atoms with Crippen molar-refractivity contribution < 1.29 is 24.1 Å². The fourth-order valence-corrected chi connectivity index (χ4v) is 2.17. The third-order valence-corrected chi connectivity index (χ3v) is 3.41. The lowest BCUT2D eigenvalue weighted by molar-refractivity contribution is -0.400. The first kappa shape index (κ1) is 18.6. The van der Waals surface area contributed by atoms with Gasteiger partial charge in [-0.3, -0.25) is 20.2 Å². The summed E-state index contributed by atoms with van der Waals surface area (Å²) < 4.78 is 10.4. The van der Waals surface area contributed by atoms with Crippen LogP contribution >= 0.6 is 0 Å². The molecule has 0 aliphatic heterocycles. The van der Waals surface area contributed by atoms with Crippen molar-refractivity contribution in [1.82, 2.24) is 0 Å². The standard InChI is InChI=1S/C17H14N2O7/c1-11-9-13(4-5-14(11)19(23)24)17(20)26-15-6-3-12(7-8-18(21)22)10-16(15)25-2/h3-10H,1-2H3/b8-7+. The van der Waals surface area contributed by atoms with Crippen LogP contribution in [-0.4, -0.2) is 22.9 Å². The van der Waals surface area contributed by atoms with E-state index >= 15 is 0 Å². The number of nitrogens with zero attached hydrogens (tertiary/aromatic N) is 2. The van der Waals surface area contributed by atoms with Crippen LogP contribution < -0.4 is 9.47 Å². The van der Waals surface area contributed by atoms with Gasteiger partial charge in [0.25, 0.3) is 5.69 Å². The Labute approximate surface area is 147 Å². The smallest absolute Gasteiger partial charge is 0.343 e. The first-order chi connectivity index (χ1) is 12.3. The number of ether oxygens (including phenoxy) is 2. The zero-order chi connectivity index (χ0) is 19.3. The maximum Gasteiger partial charge on any atom is 0.343 e. The van der Waals surface area contributed by atoms with Gasteiger partial charge in [-0.2, -0.15) is 0 Å². The van der Waals surface area contributed by atoms with Crippen molar-refractivity contribution in [2.45, 2.75) is 6.92 Å². The van der Waals surface area contributed by atoms with Gasteiger partial charge in [0.2, 0.25) is 6.20 Å². The fourth-order valence-electron chi connectivity index (χ4n) is 2.17. The molecule has 0 aliphatic rings. The molecule has 9 heteroatoms. The average Bonchev–Trinajstić information content (AvgIpc) is 2.60. The summed E-state index contributed by atoms with van der Waals surface area (Å²) in [4.78, 5) is 32.3. The minimum Gasteiger partial charge on any atom is -0.493 e. The molecule has 2 aromatic rings. The number of nitro groups is 2. The van der Waals surface area contributed by atoms with Gasteiger partial charge in [-0.25, -0.2) is 4.79 Å². The second-order valence-corrected chi connectivity index (χ2v) is 5.16. The molecule has 0 saturated heterocycles. The molecule has 0 spiro atoms. The van der Waals surface area contributed by atoms with Gasteiger partial charge in [0, 0.05) is 17.7 Å². The molecular weight excluding hydrogens is 344 g/mol. The largest absolute Gasteiger partial charge is 0.493 e. The van der Waals surface area contributed by atoms with E-state index in [1.807, 2.05) is 0 Å². The van der Waals surface area contributed by atoms with E-state index in [4.69, 9.17) is 9.47 Å². The third kappa shape index (κ3) is 4.41. The van der Waals surface area contributed by atoms with Gasteiger partial charge in [-0.15, -0.1) is 0 Å². The van der Waals surface area contributed by atoms with E-state index in [2.05, 4.69) is 0 Å². The molecule has 0 bridgehead atoms. The van der Waals surface area contributed by atoms with Crippen LogP contribution in [0.2, 0.25) is 0 Å². The summed E-state index contributed by atoms with van der Waals surface area (Å²) in [7, 11) is 1.36. The maximum atomic E-state index is 12.3. The van der Waals surface area contributed by atoms with Crippen molar-refractivity contribution in [3.05, 3.63) is 79.5 Å². The lowest BCUT2D eigenvalue weighted by Crippen LogP contribution is -2.10. The van der Waals surface area contributed by atoms with Gasteiger partial charge in [0.15, 0.2) is 11.5 Å². The van der Waals surface area contributed by atoms with Crippen molar-refractivity contribution in [2.75, 3.05) is 7.11 Å². The number of rotatable bonds is 6. The van der Waals surface area contributed by atoms with E-state index in [1.165, 1.54) is 56.5 Å². The molecule has 0 saturated carbocycles. The number of nitro benzene ring substituents is 1. The zero-order valence-corrected chi connectivity index (χ0v) is 13.9. The van der Waals surface area contributed by atoms with Crippen molar-refractivity contribution >= 4 is 17.7 Å². The van der Waals surface area contributed by atoms with Crippen molar-refractivity contribution in [1.29, 1.82) is 0 Å². The average molecular weight is 358 g/mol. The summed E-state index contributed by atoms with van der Waals surface area (Å²) in [6, 6.07) is 8.33. The van der Waals surface area contributed by atoms with E-state index in [1.54, 1.807) is 0 Å². The minimum absolute atomic E-state index is 0.0962. The minimum atomic E-state index is -0.713. The van der Waals surface area contributed by atoms with E-state index in [9.17, 15) is 25.0 Å². The highest BCUT2D eigenvalue weighted by Crippen LogP contribution is 2.29. The molecule has 134 valence electrons. The van der Waals surface area contributed by atoms with Gasteiger partial charge in [0.05, 0.1) is 22.5 Å². The molecule has 0 heterocycles. The number of esters is 1. The van der Waals surface area contributed by atoms with Crippen LogP contribution in [0.3, 0.4) is 0 Å². The molecule has 0 aliphatic carbocycles. The summed E-state index contributed by atoms with van der Waals surface area (Å²) in [6.45, 7) is 1.52. The molecule has 2 aromatic carbocycles. The molecule has 0 amide bonds. The number of carbonyl (C=O) groups excluding carboxylic acids is 1. The first-order valence-electron chi connectivity index (χ1n) is 7.28. The normalized spacial score (nSPS) is 10.5. The molecule has 26 heavy (non-hydrogen) atoms. The van der Waals surface area contributed by atoms with Gasteiger partial charge in [-0.05, 0) is 36.8 Å². The lowest BCUT2D eigenvalue weighted by Gasteiger charge is -2.10. The Bertz CT molecular complexity index is 906. The fraction of sp³-hybridized carbons (Fsp3) is 0.118. The SMILES string of the molecule is COc1cc(/C=C/[N+](=O)[O-])ccc1OC(=O)c1ccc([N+](=O)[O-])c(C)c1. The predicted octanol–water partition coefficient (Wildman–Crippen LogP) is 3.38. The van der Waals surface area contributed by atoms with E-state index in [-0.39, 0.29) is 22.7 Å². The number of carbonyl (C=O) groups is 1. The van der Waals surface area contributed by atoms with Crippen molar-refractivity contribution in [2.24, 2.45) is 0 Å². The maximum absolute atomic E-state index is 12.3. The highest BCUT2D eigenvalue weighted by molar-refractivity contribution is 5.92. The number of aryl methyl sites for hydroxylation is 1. The molecule has 0 fully saturated rings. The van der Waals surface area contributed by atoms with Gasteiger partial charge < -0.3 is 9.47 Å². The van der Waals surface area contributed by atoms with Crippen LogP contribution in [0.15, 0.2) is 42.6 Å². The molecule has 9 nitrogen and oxygen atoms in total. The molecular formula is C17H14N2O7. The summed E-state index contributed by atoms with van der Waals surface area (Å²) in [5.74, 6) is -0.385. The van der Waals surface area contributed by atoms with Crippen molar-refractivity contribution in [3.8, 4) is 11.5 Å². The second kappa shape index (κ2) is 7.88. The van der Waals surface area contributed by atoms with E-state index in [0.717, 1.165) is 6.20 Å². The number of methoxy groups -OCH3 is 1. The van der Waals surface area contributed by atoms with Crippen LogP contribution in [0.25, 0.3) is 6.08 Å². The topological polar surface area (TPSA) is 122 Å². The number of hydrogen-bond donors (Lipinski definition) is 0. The Balaban J connectivity index is 2.24. The lowest BCUT2D eigenvalue weighted by atomic mass is 10.1. The van der Waals surface area contributed by atoms with Crippen LogP contribution in [0.4, 0.5) is 5.69 Å². The van der Waals surface area contributed by atoms with Crippen molar-refractivity contribution in [3.63, 3.8) is 0 Å². The monoisotopic (exact) mass is 358 g/mol. The molecule has 0 atom stereocenters. The van der Waals surface area contributed by atoms with Gasteiger partial charge >= 0.3 is 5.97 Å². The third-order valence-electron chi connectivity index (χ3n) is 3.41. The highest BCUT2D eigenvalue weighted by atomic mass is 16.6. The van der Waals surface area contributed by atoms with Gasteiger partial charge in [-0.1, -0.05) is 6.07 Å². The second-order valence-electron chi connectivity index (χ2n) is 5.16. The number of hydrogen-bond acceptors (Lipinski definition) is 7. The quantitative estimate of drug-likeness (QED) is 0.336. The van der Waals surface area contributed by atoms with E-state index < -0.39 is 15.8 Å². The van der Waals surface area contributed by atoms with Crippen LogP contribution in [-0.2, 0) is 0 Å². The Hall–Kier alpha value is -3.75. The summed E-state index contributed by atoms with van der Waals surface area (Å²) in [6.07, 6.45) is 2.05. The highest BCUT2D eigenvalue weighted by Gasteiger charge is 2.17. The predicted molar refractivity (Wildman–Crippen MR) is 91.8 cm³/mol. The summed E-state index contributed by atoms with van der Waals surface area (Å²) in [5, 5.41) is 21.2. The first-order valence-corrected chi connectivity index (χ1v) is 7.28. The van der Waals surface area contributed by atoms with Crippen LogP contribution in [0.5, 0.6) is 11.5 Å². The Kier molecular flexibility index (Phi) is 5.63. The zero-order valence-electron chi connectivity index (χ0n) is 13.9. The molecule has 0 unspecified atom stereocenters. The Morgan fingerprint density at radius 3 is 2.38 bits per heavy atom. The number of benzene rings is 2. The van der Waals surface area contributed by atoms with Crippen LogP contribution in [0.1, 0.15) is 21.5 Å². The summed E-state index contributed by atoms with van der Waals surface area (Å²) in [5.41, 5.74) is 0.870. The summed E-state index contributed by atoms with van der Waals surface area (Å²) >= 11 is 0. The molecule has 0 N–H and O–H groups in total. The van der Waals surface area contributed by atoms with Gasteiger partial charge in [0.1, 0.15) is 0 Å². The van der Waals surface area contributed by atoms with E-state index in [0.29, 0.717) is 11.1 Å². The molecule has 0 radical (unpaired) electrons. The molecule has 2 rings (SSSR count). The van der Waals surface area contributed by atoms with Crippen LogP contribution in [0, 0.1) is 27.2 Å².